The molecule has 0 spiro atoms. The van der Waals surface area contributed by atoms with Gasteiger partial charge in [0.2, 0.25) is 0 Å². The van der Waals surface area contributed by atoms with Crippen molar-refractivity contribution in [2.75, 3.05) is 13.1 Å². The normalized spacial score (nSPS) is 19.8. The van der Waals surface area contributed by atoms with Crippen LogP contribution < -0.4 is 5.32 Å². The predicted octanol–water partition coefficient (Wildman–Crippen LogP) is 2.86. The van der Waals surface area contributed by atoms with Gasteiger partial charge in [0.25, 0.3) is 0 Å². The van der Waals surface area contributed by atoms with Crippen LogP contribution in [0.5, 0.6) is 0 Å². The van der Waals surface area contributed by atoms with Gasteiger partial charge in [0.15, 0.2) is 0 Å². The van der Waals surface area contributed by atoms with Gasteiger partial charge < -0.3 is 10.4 Å². The van der Waals surface area contributed by atoms with Gasteiger partial charge in [-0.15, -0.1) is 0 Å². The van der Waals surface area contributed by atoms with E-state index in [1.807, 2.05) is 0 Å². The number of aliphatic hydroxyl groups excluding tert-OH is 1. The maximum absolute atomic E-state index is 11.8. The molecule has 1 fully saturated rings. The lowest BCUT2D eigenvalue weighted by Crippen LogP contribution is -2.29. The molecule has 2 N–H and O–H groups in total. The van der Waals surface area contributed by atoms with Crippen LogP contribution in [-0.4, -0.2) is 30.5 Å². The van der Waals surface area contributed by atoms with E-state index >= 15 is 0 Å². The summed E-state index contributed by atoms with van der Waals surface area (Å²) in [5.74, 6) is 0.613. The number of hydrogen-bond acceptors (Lipinski definition) is 2. The van der Waals surface area contributed by atoms with Crippen molar-refractivity contribution < 1.29 is 18.3 Å². The highest BCUT2D eigenvalue weighted by Crippen LogP contribution is 2.28. The van der Waals surface area contributed by atoms with Crippen molar-refractivity contribution in [2.45, 2.75) is 57.2 Å². The molecule has 1 aliphatic rings. The zero-order chi connectivity index (χ0) is 12.7. The number of hydrogen-bond donors (Lipinski definition) is 2. The van der Waals surface area contributed by atoms with E-state index in [1.165, 1.54) is 25.7 Å². The Morgan fingerprint density at radius 1 is 1.24 bits per heavy atom. The Hall–Kier alpha value is -0.290. The van der Waals surface area contributed by atoms with Crippen LogP contribution in [0.2, 0.25) is 0 Å². The Balaban J connectivity index is 1.94. The molecule has 1 saturated carbocycles. The van der Waals surface area contributed by atoms with E-state index in [4.69, 9.17) is 0 Å². The lowest BCUT2D eigenvalue weighted by molar-refractivity contribution is -0.135. The average molecular weight is 253 g/mol. The van der Waals surface area contributed by atoms with Crippen molar-refractivity contribution in [1.82, 2.24) is 5.32 Å². The first-order valence-corrected chi connectivity index (χ1v) is 6.43. The summed E-state index contributed by atoms with van der Waals surface area (Å²) in [7, 11) is 0. The summed E-state index contributed by atoms with van der Waals surface area (Å²) in [6.07, 6.45) is 0.502. The minimum atomic E-state index is -4.07. The highest BCUT2D eigenvalue weighted by Gasteiger charge is 2.25. The van der Waals surface area contributed by atoms with Gasteiger partial charge in [-0.2, -0.15) is 13.2 Å². The first-order valence-electron chi connectivity index (χ1n) is 6.43. The fraction of sp³-hybridized carbons (Fsp3) is 1.00. The molecule has 0 aromatic heterocycles. The number of rotatable bonds is 7. The van der Waals surface area contributed by atoms with Crippen LogP contribution in [0, 0.1) is 5.92 Å². The lowest BCUT2D eigenvalue weighted by atomic mass is 10.00. The molecular weight excluding hydrogens is 231 g/mol. The van der Waals surface area contributed by atoms with Crippen LogP contribution in [0.4, 0.5) is 13.2 Å². The minimum Gasteiger partial charge on any atom is -0.392 e. The summed E-state index contributed by atoms with van der Waals surface area (Å²) in [6.45, 7) is 0.732. The monoisotopic (exact) mass is 253 g/mol. The molecule has 1 rings (SSSR count). The third-order valence-electron chi connectivity index (χ3n) is 3.27. The zero-order valence-electron chi connectivity index (χ0n) is 10.1. The molecule has 1 unspecified atom stereocenters. The maximum Gasteiger partial charge on any atom is 0.389 e. The molecule has 0 aliphatic heterocycles. The molecule has 0 heterocycles. The number of aliphatic hydroxyl groups is 1. The Morgan fingerprint density at radius 3 is 2.47 bits per heavy atom. The van der Waals surface area contributed by atoms with Gasteiger partial charge in [0.05, 0.1) is 6.10 Å². The van der Waals surface area contributed by atoms with Gasteiger partial charge >= 0.3 is 6.18 Å². The van der Waals surface area contributed by atoms with Crippen LogP contribution in [0.25, 0.3) is 0 Å². The highest BCUT2D eigenvalue weighted by atomic mass is 19.4. The second-order valence-corrected chi connectivity index (χ2v) is 4.96. The van der Waals surface area contributed by atoms with Crippen molar-refractivity contribution in [2.24, 2.45) is 5.92 Å². The molecule has 17 heavy (non-hydrogen) atoms. The largest absolute Gasteiger partial charge is 0.392 e. The van der Waals surface area contributed by atoms with Crippen molar-refractivity contribution in [3.8, 4) is 0 Å². The van der Waals surface area contributed by atoms with Crippen LogP contribution >= 0.6 is 0 Å². The van der Waals surface area contributed by atoms with Crippen LogP contribution in [-0.2, 0) is 0 Å². The Bertz CT molecular complexity index is 202. The maximum atomic E-state index is 11.8. The fourth-order valence-electron chi connectivity index (χ4n) is 2.40. The molecular formula is C12H22F3NO. The first kappa shape index (κ1) is 14.8. The van der Waals surface area contributed by atoms with Crippen molar-refractivity contribution in [3.63, 3.8) is 0 Å². The molecule has 102 valence electrons. The molecule has 1 aliphatic carbocycles. The lowest BCUT2D eigenvalue weighted by Gasteiger charge is -2.16. The standard InChI is InChI=1S/C12H22F3NO/c13-12(14,15)6-3-7-16-9-11(17)8-10-4-1-2-5-10/h10-11,16-17H,1-9H2. The molecule has 0 bridgehead atoms. The van der Waals surface area contributed by atoms with E-state index in [2.05, 4.69) is 5.32 Å². The van der Waals surface area contributed by atoms with Crippen LogP contribution in [0.3, 0.4) is 0 Å². The molecule has 1 atom stereocenters. The summed E-state index contributed by atoms with van der Waals surface area (Å²) >= 11 is 0. The van der Waals surface area contributed by atoms with Gasteiger partial charge in [-0.05, 0) is 25.3 Å². The van der Waals surface area contributed by atoms with E-state index in [9.17, 15) is 18.3 Å². The molecule has 5 heteroatoms. The van der Waals surface area contributed by atoms with Gasteiger partial charge in [0.1, 0.15) is 0 Å². The molecule has 0 amide bonds. The Morgan fingerprint density at radius 2 is 1.88 bits per heavy atom. The SMILES string of the molecule is OC(CNCCCC(F)(F)F)CC1CCCC1. The molecule has 0 aromatic rings. The summed E-state index contributed by atoms with van der Waals surface area (Å²) < 4.78 is 35.5. The second-order valence-electron chi connectivity index (χ2n) is 4.96. The quantitative estimate of drug-likeness (QED) is 0.684. The number of nitrogens with one attached hydrogen (secondary N) is 1. The second kappa shape index (κ2) is 7.21. The van der Waals surface area contributed by atoms with E-state index in [1.54, 1.807) is 0 Å². The van der Waals surface area contributed by atoms with E-state index < -0.39 is 18.7 Å². The van der Waals surface area contributed by atoms with Crippen molar-refractivity contribution >= 4 is 0 Å². The van der Waals surface area contributed by atoms with E-state index in [0.29, 0.717) is 19.0 Å². The predicted molar refractivity (Wildman–Crippen MR) is 60.7 cm³/mol. The molecule has 0 saturated heterocycles. The summed E-state index contributed by atoms with van der Waals surface area (Å²) in [4.78, 5) is 0. The number of alkyl halides is 3. The van der Waals surface area contributed by atoms with Crippen LogP contribution in [0.1, 0.15) is 44.9 Å². The zero-order valence-corrected chi connectivity index (χ0v) is 10.1. The third kappa shape index (κ3) is 7.60. The third-order valence-corrected chi connectivity index (χ3v) is 3.27. The van der Waals surface area contributed by atoms with Gasteiger partial charge in [0, 0.05) is 13.0 Å². The molecule has 2 nitrogen and oxygen atoms in total. The fourth-order valence-corrected chi connectivity index (χ4v) is 2.40. The van der Waals surface area contributed by atoms with Gasteiger partial charge in [-0.25, -0.2) is 0 Å². The first-order chi connectivity index (χ1) is 7.97. The van der Waals surface area contributed by atoms with E-state index in [-0.39, 0.29) is 6.42 Å². The highest BCUT2D eigenvalue weighted by molar-refractivity contribution is 4.72. The molecule has 0 radical (unpaired) electrons. The summed E-state index contributed by atoms with van der Waals surface area (Å²) in [5.41, 5.74) is 0. The van der Waals surface area contributed by atoms with Crippen molar-refractivity contribution in [3.05, 3.63) is 0 Å². The Kier molecular flexibility index (Phi) is 6.27. The van der Waals surface area contributed by atoms with Crippen LogP contribution in [0.15, 0.2) is 0 Å². The van der Waals surface area contributed by atoms with Gasteiger partial charge in [-0.3, -0.25) is 0 Å². The van der Waals surface area contributed by atoms with Crippen molar-refractivity contribution in [1.29, 1.82) is 0 Å². The van der Waals surface area contributed by atoms with Gasteiger partial charge in [-0.1, -0.05) is 25.7 Å². The number of halogens is 3. The molecule has 0 aromatic carbocycles. The minimum absolute atomic E-state index is 0.0830. The topological polar surface area (TPSA) is 32.3 Å². The smallest absolute Gasteiger partial charge is 0.389 e. The summed E-state index contributed by atoms with van der Waals surface area (Å²) in [6, 6.07) is 0. The Labute approximate surface area is 101 Å². The van der Waals surface area contributed by atoms with E-state index in [0.717, 1.165) is 6.42 Å². The summed E-state index contributed by atoms with van der Waals surface area (Å²) in [5, 5.41) is 12.6. The average Bonchev–Trinajstić information content (AvgIpc) is 2.68.